The van der Waals surface area contributed by atoms with Gasteiger partial charge in [-0.25, -0.2) is 9.37 Å². The Kier molecular flexibility index (Phi) is 7.73. The van der Waals surface area contributed by atoms with E-state index in [1.54, 1.807) is 61.1 Å². The van der Waals surface area contributed by atoms with Gasteiger partial charge in [0.05, 0.1) is 34.1 Å². The average molecular weight is 639 g/mol. The molecule has 1 saturated carbocycles. The lowest BCUT2D eigenvalue weighted by atomic mass is 9.87. The molecule has 3 heterocycles. The second-order valence-electron chi connectivity index (χ2n) is 11.4. The summed E-state index contributed by atoms with van der Waals surface area (Å²) in [6.07, 6.45) is 4.69. The Hall–Kier alpha value is -3.83. The van der Waals surface area contributed by atoms with Gasteiger partial charge in [0.15, 0.2) is 0 Å². The SMILES string of the molecule is Cc1nc(C(C)(O)c2cc(F)c3c(c2)C(=O)N(Cc2ccc(Cl)cn2)[C@@]3(OCNC(=O)C2CC2)c2ccc(Cl)cc2)cn1C. The summed E-state index contributed by atoms with van der Waals surface area (Å²) in [4.78, 5) is 37.1. The third-order valence-electron chi connectivity index (χ3n) is 8.27. The van der Waals surface area contributed by atoms with Crippen LogP contribution in [0.25, 0.3) is 0 Å². The zero-order valence-electron chi connectivity index (χ0n) is 24.3. The number of rotatable bonds is 9. The number of aryl methyl sites for hydroxylation is 2. The number of fused-ring (bicyclic) bond motifs is 1. The fourth-order valence-corrected chi connectivity index (χ4v) is 5.76. The van der Waals surface area contributed by atoms with Crippen LogP contribution in [0.5, 0.6) is 0 Å². The van der Waals surface area contributed by atoms with Crippen LogP contribution in [-0.2, 0) is 34.4 Å². The molecule has 0 spiro atoms. The van der Waals surface area contributed by atoms with Crippen molar-refractivity contribution in [2.45, 2.75) is 44.6 Å². The number of pyridine rings is 1. The van der Waals surface area contributed by atoms with E-state index < -0.39 is 23.1 Å². The monoisotopic (exact) mass is 637 g/mol. The van der Waals surface area contributed by atoms with Crippen LogP contribution in [0.3, 0.4) is 0 Å². The van der Waals surface area contributed by atoms with Crippen LogP contribution in [0.4, 0.5) is 4.39 Å². The summed E-state index contributed by atoms with van der Waals surface area (Å²) in [5, 5.41) is 15.2. The van der Waals surface area contributed by atoms with E-state index in [4.69, 9.17) is 27.9 Å². The van der Waals surface area contributed by atoms with Crippen LogP contribution in [0, 0.1) is 18.7 Å². The molecule has 1 fully saturated rings. The molecule has 44 heavy (non-hydrogen) atoms. The van der Waals surface area contributed by atoms with Gasteiger partial charge in [0.25, 0.3) is 5.91 Å². The second kappa shape index (κ2) is 11.3. The van der Waals surface area contributed by atoms with E-state index >= 15 is 4.39 Å². The van der Waals surface area contributed by atoms with Gasteiger partial charge in [-0.2, -0.15) is 0 Å². The van der Waals surface area contributed by atoms with Gasteiger partial charge in [0.2, 0.25) is 11.6 Å². The van der Waals surface area contributed by atoms with Gasteiger partial charge in [0, 0.05) is 35.9 Å². The van der Waals surface area contributed by atoms with Crippen LogP contribution in [0.1, 0.15) is 64.0 Å². The third-order valence-corrected chi connectivity index (χ3v) is 8.75. The minimum atomic E-state index is -1.83. The number of amides is 2. The lowest BCUT2D eigenvalue weighted by molar-refractivity contribution is -0.137. The van der Waals surface area contributed by atoms with Gasteiger partial charge in [-0.05, 0) is 68.7 Å². The topological polar surface area (TPSA) is 110 Å². The van der Waals surface area contributed by atoms with Crippen LogP contribution in [0.15, 0.2) is 60.9 Å². The second-order valence-corrected chi connectivity index (χ2v) is 12.2. The number of nitrogens with one attached hydrogen (secondary N) is 1. The van der Waals surface area contributed by atoms with Gasteiger partial charge in [0.1, 0.15) is 24.0 Å². The zero-order chi connectivity index (χ0) is 31.4. The molecular formula is C32H30Cl2FN5O4. The molecule has 1 aliphatic heterocycles. The molecule has 2 aromatic heterocycles. The van der Waals surface area contributed by atoms with Gasteiger partial charge < -0.3 is 19.7 Å². The Labute approximate surface area is 263 Å². The Morgan fingerprint density at radius 3 is 2.50 bits per heavy atom. The summed E-state index contributed by atoms with van der Waals surface area (Å²) >= 11 is 12.3. The highest BCUT2D eigenvalue weighted by Crippen LogP contribution is 2.49. The Morgan fingerprint density at radius 2 is 1.89 bits per heavy atom. The Balaban J connectivity index is 1.52. The van der Waals surface area contributed by atoms with Gasteiger partial charge in [-0.1, -0.05) is 35.3 Å². The number of imidazole rings is 1. The van der Waals surface area contributed by atoms with Crippen molar-refractivity contribution in [2.75, 3.05) is 6.73 Å². The van der Waals surface area contributed by atoms with E-state index in [2.05, 4.69) is 15.3 Å². The summed E-state index contributed by atoms with van der Waals surface area (Å²) in [5.74, 6) is -0.955. The van der Waals surface area contributed by atoms with E-state index in [0.29, 0.717) is 32.8 Å². The van der Waals surface area contributed by atoms with Gasteiger partial charge in [-0.15, -0.1) is 0 Å². The summed E-state index contributed by atoms with van der Waals surface area (Å²) in [7, 11) is 1.79. The van der Waals surface area contributed by atoms with E-state index in [-0.39, 0.29) is 41.8 Å². The fraction of sp³-hybridized carbons (Fsp3) is 0.312. The van der Waals surface area contributed by atoms with Crippen LogP contribution >= 0.6 is 23.2 Å². The minimum absolute atomic E-state index is 0.00892. The number of hydrogen-bond donors (Lipinski definition) is 2. The number of carbonyl (C=O) groups is 2. The molecule has 228 valence electrons. The highest BCUT2D eigenvalue weighted by molar-refractivity contribution is 6.30. The summed E-state index contributed by atoms with van der Waals surface area (Å²) in [5.41, 5.74) is -2.31. The molecule has 2 N–H and O–H groups in total. The first-order valence-electron chi connectivity index (χ1n) is 14.1. The predicted octanol–water partition coefficient (Wildman–Crippen LogP) is 5.18. The maximum atomic E-state index is 16.7. The van der Waals surface area contributed by atoms with E-state index in [9.17, 15) is 14.7 Å². The van der Waals surface area contributed by atoms with Crippen molar-refractivity contribution in [1.82, 2.24) is 24.8 Å². The molecule has 1 aliphatic carbocycles. The van der Waals surface area contributed by atoms with Crippen LogP contribution in [0.2, 0.25) is 10.0 Å². The first-order valence-corrected chi connectivity index (χ1v) is 14.8. The molecule has 1 unspecified atom stereocenters. The summed E-state index contributed by atoms with van der Waals surface area (Å²) in [6.45, 7) is 2.89. The summed E-state index contributed by atoms with van der Waals surface area (Å²) < 4.78 is 24.8. The number of halogens is 3. The molecule has 0 radical (unpaired) electrons. The number of aromatic nitrogens is 3. The normalized spacial score (nSPS) is 19.2. The lowest BCUT2D eigenvalue weighted by Crippen LogP contribution is -2.49. The largest absolute Gasteiger partial charge is 0.379 e. The standard InChI is InChI=1S/C32H30Cl2FN5O4/c1-18-38-27(16-39(18)3)31(2,43)21-12-25-28(26(35)13-21)32(20-6-8-22(33)9-7-20,44-17-37-29(41)19-4-5-19)40(30(25)42)15-24-11-10-23(34)14-36-24/h6-14,16,19,43H,4-5,15,17H2,1-3H3,(H,37,41)/t31?,32-/m1/s1. The number of ether oxygens (including phenoxy) is 1. The van der Waals surface area contributed by atoms with Crippen LogP contribution < -0.4 is 5.32 Å². The van der Waals surface area contributed by atoms with E-state index in [0.717, 1.165) is 12.8 Å². The molecule has 9 nitrogen and oxygen atoms in total. The molecule has 4 aromatic rings. The third kappa shape index (κ3) is 5.26. The maximum absolute atomic E-state index is 16.7. The molecule has 6 rings (SSSR count). The van der Waals surface area contributed by atoms with E-state index in [1.165, 1.54) is 30.2 Å². The molecule has 12 heteroatoms. The van der Waals surface area contributed by atoms with Gasteiger partial charge in [-0.3, -0.25) is 19.5 Å². The number of benzene rings is 2. The smallest absolute Gasteiger partial charge is 0.257 e. The molecule has 2 atom stereocenters. The lowest BCUT2D eigenvalue weighted by Gasteiger charge is -2.39. The van der Waals surface area contributed by atoms with Gasteiger partial charge >= 0.3 is 0 Å². The molecule has 0 bridgehead atoms. The average Bonchev–Trinajstić information content (AvgIpc) is 3.75. The van der Waals surface area contributed by atoms with Crippen molar-refractivity contribution in [3.05, 3.63) is 116 Å². The summed E-state index contributed by atoms with van der Waals surface area (Å²) in [6, 6.07) is 12.5. The van der Waals surface area contributed by atoms with Crippen molar-refractivity contribution >= 4 is 35.0 Å². The van der Waals surface area contributed by atoms with Crippen molar-refractivity contribution < 1.29 is 23.8 Å². The zero-order valence-corrected chi connectivity index (χ0v) is 25.8. The number of aliphatic hydroxyl groups is 1. The Morgan fingerprint density at radius 1 is 1.18 bits per heavy atom. The molecular weight excluding hydrogens is 608 g/mol. The minimum Gasteiger partial charge on any atom is -0.379 e. The maximum Gasteiger partial charge on any atom is 0.257 e. The highest BCUT2D eigenvalue weighted by Gasteiger charge is 2.55. The number of hydrogen-bond acceptors (Lipinski definition) is 6. The van der Waals surface area contributed by atoms with E-state index in [1.807, 2.05) is 0 Å². The van der Waals surface area contributed by atoms with Crippen molar-refractivity contribution in [3.8, 4) is 0 Å². The molecule has 2 aromatic carbocycles. The number of nitrogens with zero attached hydrogens (tertiary/aromatic N) is 4. The first-order chi connectivity index (χ1) is 20.9. The highest BCUT2D eigenvalue weighted by atomic mass is 35.5. The molecule has 0 saturated heterocycles. The molecule has 2 amide bonds. The van der Waals surface area contributed by atoms with Crippen molar-refractivity contribution in [2.24, 2.45) is 13.0 Å². The fourth-order valence-electron chi connectivity index (χ4n) is 5.52. The molecule has 2 aliphatic rings. The quantitative estimate of drug-likeness (QED) is 0.245. The van der Waals surface area contributed by atoms with Crippen LogP contribution in [-0.4, -0.2) is 43.1 Å². The number of carbonyl (C=O) groups excluding carboxylic acids is 2. The first kappa shape index (κ1) is 30.2. The van der Waals surface area contributed by atoms with Crippen molar-refractivity contribution in [1.29, 1.82) is 0 Å². The predicted molar refractivity (Wildman–Crippen MR) is 161 cm³/mol. The van der Waals surface area contributed by atoms with Crippen molar-refractivity contribution in [3.63, 3.8) is 0 Å². The Bertz CT molecular complexity index is 1740.